The van der Waals surface area contributed by atoms with Crippen molar-refractivity contribution in [3.05, 3.63) is 28.9 Å². The van der Waals surface area contributed by atoms with Crippen LogP contribution in [0.1, 0.15) is 61.9 Å². The minimum atomic E-state index is -1.04. The van der Waals surface area contributed by atoms with E-state index in [2.05, 4.69) is 20.2 Å². The van der Waals surface area contributed by atoms with Crippen molar-refractivity contribution in [2.24, 2.45) is 5.41 Å². The van der Waals surface area contributed by atoms with Crippen molar-refractivity contribution >= 4 is 34.2 Å². The fraction of sp³-hybridized carbons (Fsp3) is 0.636. The van der Waals surface area contributed by atoms with Crippen LogP contribution in [0.4, 0.5) is 11.8 Å². The molecule has 0 amide bonds. The Hall–Kier alpha value is -1.84. The van der Waals surface area contributed by atoms with Gasteiger partial charge in [-0.25, -0.2) is 15.0 Å². The van der Waals surface area contributed by atoms with Crippen molar-refractivity contribution in [2.45, 2.75) is 66.0 Å². The summed E-state index contributed by atoms with van der Waals surface area (Å²) in [6.07, 6.45) is 9.38. The molecule has 4 fully saturated rings. The predicted octanol–water partition coefficient (Wildman–Crippen LogP) is 2.61. The highest BCUT2D eigenvalue weighted by molar-refractivity contribution is 7.86. The predicted molar refractivity (Wildman–Crippen MR) is 121 cm³/mol. The van der Waals surface area contributed by atoms with Gasteiger partial charge in [-0.05, 0) is 38.5 Å². The van der Waals surface area contributed by atoms with Crippen LogP contribution in [0.3, 0.4) is 0 Å². The summed E-state index contributed by atoms with van der Waals surface area (Å²) in [5, 5.41) is 14.2. The Balaban J connectivity index is 1.11. The highest BCUT2D eigenvalue weighted by Gasteiger charge is 2.57. The molecule has 2 aromatic rings. The average molecular weight is 473 g/mol. The molecule has 3 saturated carbocycles. The third-order valence-corrected chi connectivity index (χ3v) is 10.2. The molecule has 7 rings (SSSR count). The quantitative estimate of drug-likeness (QED) is 0.684. The smallest absolute Gasteiger partial charge is 0.227 e. The molecule has 0 radical (unpaired) electrons. The first-order valence-electron chi connectivity index (χ1n) is 11.4. The molecule has 32 heavy (non-hydrogen) atoms. The SMILES string of the molecule is O=[S@]1c2c(NC3(CO)CCC3)nc(N3CC4(CC(c5ncc(Cl)cn5)C4)C3)nc2C2CC21. The van der Waals surface area contributed by atoms with Gasteiger partial charge in [0.25, 0.3) is 0 Å². The molecule has 2 aromatic heterocycles. The second-order valence-corrected chi connectivity index (χ2v) is 12.4. The molecule has 168 valence electrons. The van der Waals surface area contributed by atoms with Gasteiger partial charge >= 0.3 is 0 Å². The molecule has 10 heteroatoms. The van der Waals surface area contributed by atoms with Crippen LogP contribution in [-0.2, 0) is 10.8 Å². The summed E-state index contributed by atoms with van der Waals surface area (Å²) >= 11 is 5.91. The Kier molecular flexibility index (Phi) is 4.05. The number of anilines is 2. The molecule has 3 atom stereocenters. The van der Waals surface area contributed by atoms with Crippen molar-refractivity contribution < 1.29 is 9.32 Å². The number of aromatic nitrogens is 4. The van der Waals surface area contributed by atoms with Gasteiger partial charge < -0.3 is 15.3 Å². The first-order valence-corrected chi connectivity index (χ1v) is 13.0. The van der Waals surface area contributed by atoms with Gasteiger partial charge in [-0.15, -0.1) is 0 Å². The lowest BCUT2D eigenvalue weighted by atomic mass is 9.57. The number of halogens is 1. The fourth-order valence-electron chi connectivity index (χ4n) is 6.02. The number of nitrogens with zero attached hydrogens (tertiary/aromatic N) is 5. The van der Waals surface area contributed by atoms with E-state index in [1.54, 1.807) is 12.4 Å². The summed E-state index contributed by atoms with van der Waals surface area (Å²) in [4.78, 5) is 21.6. The minimum absolute atomic E-state index is 0.0710. The van der Waals surface area contributed by atoms with Crippen LogP contribution in [0.25, 0.3) is 0 Å². The maximum Gasteiger partial charge on any atom is 0.227 e. The van der Waals surface area contributed by atoms with E-state index >= 15 is 0 Å². The van der Waals surface area contributed by atoms with Gasteiger partial charge in [0, 0.05) is 48.0 Å². The third kappa shape index (κ3) is 2.80. The molecule has 2 unspecified atom stereocenters. The van der Waals surface area contributed by atoms with E-state index in [0.717, 1.165) is 74.0 Å². The van der Waals surface area contributed by atoms with Crippen molar-refractivity contribution in [2.75, 3.05) is 29.9 Å². The monoisotopic (exact) mass is 472 g/mol. The normalized spacial score (nSPS) is 30.7. The van der Waals surface area contributed by atoms with Gasteiger partial charge in [-0.1, -0.05) is 11.6 Å². The fourth-order valence-corrected chi connectivity index (χ4v) is 7.92. The average Bonchev–Trinajstić information content (AvgIpc) is 3.45. The molecule has 2 N–H and O–H groups in total. The standard InChI is InChI=1S/C22H25ClN6O2S/c23-13-7-24-18(25-8-13)12-5-21(6-12)9-29(10-21)20-26-16-14-4-15(14)32(31)17(16)19(27-20)28-22(11-30)2-1-3-22/h7-8,12,14-15,30H,1-6,9-11H2,(H,26,27,28)/t14?,15?,32-/m1/s1. The van der Waals surface area contributed by atoms with Crippen LogP contribution in [0.5, 0.6) is 0 Å². The third-order valence-electron chi connectivity index (χ3n) is 8.14. The Bertz CT molecular complexity index is 1120. The second-order valence-electron chi connectivity index (χ2n) is 10.4. The summed E-state index contributed by atoms with van der Waals surface area (Å²) < 4.78 is 12.9. The van der Waals surface area contributed by atoms with Crippen LogP contribution >= 0.6 is 11.6 Å². The molecule has 5 aliphatic rings. The first kappa shape index (κ1) is 19.6. The molecule has 1 saturated heterocycles. The van der Waals surface area contributed by atoms with Gasteiger partial charge in [0.15, 0.2) is 0 Å². The number of fused-ring (bicyclic) bond motifs is 3. The number of nitrogens with one attached hydrogen (secondary N) is 1. The van der Waals surface area contributed by atoms with E-state index in [-0.39, 0.29) is 22.8 Å². The van der Waals surface area contributed by atoms with Gasteiger partial charge in [0.05, 0.1) is 33.7 Å². The Morgan fingerprint density at radius 2 is 1.97 bits per heavy atom. The Morgan fingerprint density at radius 3 is 2.62 bits per heavy atom. The molecule has 2 aliphatic heterocycles. The van der Waals surface area contributed by atoms with E-state index in [9.17, 15) is 9.32 Å². The zero-order valence-corrected chi connectivity index (χ0v) is 19.2. The number of hydrogen-bond acceptors (Lipinski definition) is 8. The van der Waals surface area contributed by atoms with E-state index in [4.69, 9.17) is 21.6 Å². The number of hydrogen-bond donors (Lipinski definition) is 2. The van der Waals surface area contributed by atoms with Gasteiger partial charge in [0.1, 0.15) is 16.5 Å². The summed E-state index contributed by atoms with van der Waals surface area (Å²) in [5.74, 6) is 3.01. The molecule has 1 spiro atoms. The van der Waals surface area contributed by atoms with Crippen LogP contribution in [0.15, 0.2) is 17.3 Å². The largest absolute Gasteiger partial charge is 0.394 e. The van der Waals surface area contributed by atoms with Crippen molar-refractivity contribution in [3.8, 4) is 0 Å². The maximum absolute atomic E-state index is 12.9. The lowest BCUT2D eigenvalue weighted by Crippen LogP contribution is -2.62. The second kappa shape index (κ2) is 6.61. The molecule has 4 heterocycles. The maximum atomic E-state index is 12.9. The summed E-state index contributed by atoms with van der Waals surface area (Å²) in [7, 11) is -1.04. The van der Waals surface area contributed by atoms with Crippen molar-refractivity contribution in [1.82, 2.24) is 19.9 Å². The number of aliphatic hydroxyl groups excluding tert-OH is 1. The molecule has 3 aliphatic carbocycles. The highest BCUT2D eigenvalue weighted by atomic mass is 35.5. The minimum Gasteiger partial charge on any atom is -0.394 e. The summed E-state index contributed by atoms with van der Waals surface area (Å²) in [6.45, 7) is 1.93. The van der Waals surface area contributed by atoms with E-state index in [1.165, 1.54) is 0 Å². The molecule has 0 aromatic carbocycles. The molecule has 8 nitrogen and oxygen atoms in total. The van der Waals surface area contributed by atoms with Crippen LogP contribution in [0, 0.1) is 5.41 Å². The number of aliphatic hydroxyl groups is 1. The van der Waals surface area contributed by atoms with Crippen LogP contribution in [-0.4, -0.2) is 59.7 Å². The van der Waals surface area contributed by atoms with E-state index < -0.39 is 10.8 Å². The van der Waals surface area contributed by atoms with E-state index in [0.29, 0.717) is 22.7 Å². The summed E-state index contributed by atoms with van der Waals surface area (Å²) in [6, 6.07) is 0. The van der Waals surface area contributed by atoms with E-state index in [1.807, 2.05) is 0 Å². The lowest BCUT2D eigenvalue weighted by molar-refractivity contribution is 0.0582. The lowest BCUT2D eigenvalue weighted by Gasteiger charge is -2.58. The Labute approximate surface area is 193 Å². The van der Waals surface area contributed by atoms with Crippen LogP contribution < -0.4 is 10.2 Å². The molecule has 0 bridgehead atoms. The zero-order valence-electron chi connectivity index (χ0n) is 17.6. The zero-order chi connectivity index (χ0) is 21.7. The number of rotatable bonds is 5. The van der Waals surface area contributed by atoms with Crippen molar-refractivity contribution in [3.63, 3.8) is 0 Å². The van der Waals surface area contributed by atoms with Crippen molar-refractivity contribution in [1.29, 1.82) is 0 Å². The molecular weight excluding hydrogens is 448 g/mol. The van der Waals surface area contributed by atoms with Crippen LogP contribution in [0.2, 0.25) is 5.02 Å². The van der Waals surface area contributed by atoms with Gasteiger partial charge in [-0.3, -0.25) is 4.21 Å². The highest BCUT2D eigenvalue weighted by Crippen LogP contribution is 2.58. The summed E-state index contributed by atoms with van der Waals surface area (Å²) in [5.41, 5.74) is 0.927. The van der Waals surface area contributed by atoms with Gasteiger partial charge in [-0.2, -0.15) is 4.98 Å². The topological polar surface area (TPSA) is 104 Å². The Morgan fingerprint density at radius 1 is 1.22 bits per heavy atom. The van der Waals surface area contributed by atoms with Gasteiger partial charge in [0.2, 0.25) is 5.95 Å². The molecular formula is C22H25ClN6O2S. The first-order chi connectivity index (χ1) is 15.5.